The minimum Gasteiger partial charge on any atom is -1.00 e. The van der Waals surface area contributed by atoms with Crippen molar-refractivity contribution in [3.8, 4) is 0 Å². The van der Waals surface area contributed by atoms with Gasteiger partial charge in [0.1, 0.15) is 0 Å². The van der Waals surface area contributed by atoms with Gasteiger partial charge in [-0.25, -0.2) is 0 Å². The van der Waals surface area contributed by atoms with Gasteiger partial charge in [0.15, 0.2) is 0 Å². The van der Waals surface area contributed by atoms with E-state index in [4.69, 9.17) is 0 Å². The van der Waals surface area contributed by atoms with Crippen LogP contribution in [0.15, 0.2) is 24.3 Å². The van der Waals surface area contributed by atoms with Gasteiger partial charge in [0.25, 0.3) is 5.69 Å². The first-order valence-corrected chi connectivity index (χ1v) is 5.59. The lowest BCUT2D eigenvalue weighted by Gasteiger charge is -2.28. The number of benzene rings is 1. The van der Waals surface area contributed by atoms with Crippen molar-refractivity contribution in [1.82, 2.24) is 0 Å². The highest BCUT2D eigenvalue weighted by Crippen LogP contribution is 2.16. The fourth-order valence-corrected chi connectivity index (χ4v) is 1.83. The predicted octanol–water partition coefficient (Wildman–Crippen LogP) is -0.895. The highest BCUT2D eigenvalue weighted by atomic mass is 127. The van der Waals surface area contributed by atoms with Crippen molar-refractivity contribution in [2.24, 2.45) is 0 Å². The predicted molar refractivity (Wildman–Crippen MR) is 69.1 cm³/mol. The van der Waals surface area contributed by atoms with Crippen LogP contribution in [0.4, 0.5) is 11.4 Å². The SMILES string of the molecule is CC(C[N+](C)(C)C)Nc1ccc([N+](=O)[O-])cc1.[I-]. The average Bonchev–Trinajstić information content (AvgIpc) is 2.15. The van der Waals surface area contributed by atoms with Gasteiger partial charge in [-0.05, 0) is 19.1 Å². The number of rotatable bonds is 5. The number of nitro groups is 1. The zero-order valence-corrected chi connectivity index (χ0v) is 13.3. The van der Waals surface area contributed by atoms with E-state index in [9.17, 15) is 10.1 Å². The molecule has 6 heteroatoms. The Morgan fingerprint density at radius 3 is 2.17 bits per heavy atom. The van der Waals surface area contributed by atoms with Gasteiger partial charge in [0.05, 0.1) is 38.7 Å². The molecule has 0 bridgehead atoms. The number of nitro benzene ring substituents is 1. The number of nitrogens with one attached hydrogen (secondary N) is 1. The number of hydrogen-bond donors (Lipinski definition) is 1. The molecule has 0 aromatic heterocycles. The van der Waals surface area contributed by atoms with Gasteiger partial charge in [0, 0.05) is 17.8 Å². The molecule has 18 heavy (non-hydrogen) atoms. The van der Waals surface area contributed by atoms with Crippen LogP contribution in [-0.2, 0) is 0 Å². The molecule has 0 spiro atoms. The molecule has 0 heterocycles. The van der Waals surface area contributed by atoms with Crippen LogP contribution in [0.2, 0.25) is 0 Å². The lowest BCUT2D eigenvalue weighted by atomic mass is 10.2. The summed E-state index contributed by atoms with van der Waals surface area (Å²) in [6.45, 7) is 3.09. The number of anilines is 1. The Morgan fingerprint density at radius 1 is 1.28 bits per heavy atom. The number of hydrogen-bond acceptors (Lipinski definition) is 3. The van der Waals surface area contributed by atoms with Crippen LogP contribution in [-0.4, -0.2) is 43.1 Å². The maximum absolute atomic E-state index is 10.5. The van der Waals surface area contributed by atoms with E-state index in [-0.39, 0.29) is 34.6 Å². The molecule has 1 rings (SSSR count). The van der Waals surface area contributed by atoms with Gasteiger partial charge >= 0.3 is 0 Å². The maximum atomic E-state index is 10.5. The third-order valence-corrected chi connectivity index (χ3v) is 2.31. The molecule has 0 aliphatic carbocycles. The van der Waals surface area contributed by atoms with E-state index in [1.165, 1.54) is 12.1 Å². The summed E-state index contributed by atoms with van der Waals surface area (Å²) in [5, 5.41) is 13.8. The van der Waals surface area contributed by atoms with E-state index in [0.717, 1.165) is 16.7 Å². The second kappa shape index (κ2) is 6.89. The van der Waals surface area contributed by atoms with Crippen molar-refractivity contribution in [3.63, 3.8) is 0 Å². The van der Waals surface area contributed by atoms with Crippen molar-refractivity contribution in [1.29, 1.82) is 0 Å². The quantitative estimate of drug-likeness (QED) is 0.319. The van der Waals surface area contributed by atoms with E-state index in [1.807, 2.05) is 0 Å². The van der Waals surface area contributed by atoms with Crippen LogP contribution >= 0.6 is 0 Å². The molecular weight excluding hydrogens is 345 g/mol. The lowest BCUT2D eigenvalue weighted by Crippen LogP contribution is -3.00. The number of halogens is 1. The standard InChI is InChI=1S/C12H20N3O2.HI/c1-10(9-15(2,3)4)13-11-5-7-12(8-6-11)14(16)17;/h5-8,10,13H,9H2,1-4H3;1H/q+1;/p-1. The molecule has 0 amide bonds. The molecule has 0 saturated carbocycles. The fraction of sp³-hybridized carbons (Fsp3) is 0.500. The number of non-ortho nitro benzene ring substituents is 1. The van der Waals surface area contributed by atoms with Crippen LogP contribution in [0.5, 0.6) is 0 Å². The summed E-state index contributed by atoms with van der Waals surface area (Å²) < 4.78 is 0.876. The summed E-state index contributed by atoms with van der Waals surface area (Å²) in [4.78, 5) is 10.1. The van der Waals surface area contributed by atoms with Crippen molar-refractivity contribution in [2.45, 2.75) is 13.0 Å². The van der Waals surface area contributed by atoms with Gasteiger partial charge < -0.3 is 33.8 Å². The molecular formula is C12H20IN3O2. The van der Waals surface area contributed by atoms with Gasteiger partial charge in [-0.1, -0.05) is 0 Å². The van der Waals surface area contributed by atoms with Crippen molar-refractivity contribution >= 4 is 11.4 Å². The zero-order chi connectivity index (χ0) is 13.1. The van der Waals surface area contributed by atoms with Gasteiger partial charge in [-0.3, -0.25) is 10.1 Å². The van der Waals surface area contributed by atoms with E-state index in [0.29, 0.717) is 6.04 Å². The number of quaternary nitrogens is 1. The Hall–Kier alpha value is -0.890. The van der Waals surface area contributed by atoms with Crippen LogP contribution in [0.25, 0.3) is 0 Å². The van der Waals surface area contributed by atoms with Crippen molar-refractivity contribution < 1.29 is 33.4 Å². The first kappa shape index (κ1) is 17.1. The highest BCUT2D eigenvalue weighted by molar-refractivity contribution is 5.48. The van der Waals surface area contributed by atoms with E-state index < -0.39 is 0 Å². The topological polar surface area (TPSA) is 55.2 Å². The molecule has 0 aliphatic rings. The normalized spacial score (nSPS) is 12.4. The molecule has 0 radical (unpaired) electrons. The molecule has 0 fully saturated rings. The fourth-order valence-electron chi connectivity index (χ4n) is 1.83. The van der Waals surface area contributed by atoms with Crippen LogP contribution in [0.3, 0.4) is 0 Å². The largest absolute Gasteiger partial charge is 1.00 e. The Morgan fingerprint density at radius 2 is 1.78 bits per heavy atom. The lowest BCUT2D eigenvalue weighted by molar-refractivity contribution is -0.870. The molecule has 1 aromatic rings. The molecule has 1 N–H and O–H groups in total. The Labute approximate surface area is 125 Å². The summed E-state index contributed by atoms with van der Waals surface area (Å²) in [7, 11) is 6.40. The molecule has 1 unspecified atom stereocenters. The first-order chi connectivity index (χ1) is 7.78. The molecule has 102 valence electrons. The minimum absolute atomic E-state index is 0. The van der Waals surface area contributed by atoms with E-state index >= 15 is 0 Å². The van der Waals surface area contributed by atoms with Crippen LogP contribution in [0.1, 0.15) is 6.92 Å². The highest BCUT2D eigenvalue weighted by Gasteiger charge is 2.13. The van der Waals surface area contributed by atoms with Crippen LogP contribution < -0.4 is 29.3 Å². The third-order valence-electron chi connectivity index (χ3n) is 2.31. The molecule has 0 aliphatic heterocycles. The summed E-state index contributed by atoms with van der Waals surface area (Å²) in [6, 6.07) is 6.83. The maximum Gasteiger partial charge on any atom is 0.269 e. The Balaban J connectivity index is 0.00000289. The Bertz CT molecular complexity index is 387. The molecule has 1 atom stereocenters. The van der Waals surface area contributed by atoms with Gasteiger partial charge in [0.2, 0.25) is 0 Å². The van der Waals surface area contributed by atoms with Crippen molar-refractivity contribution in [2.75, 3.05) is 33.0 Å². The van der Waals surface area contributed by atoms with Gasteiger partial charge in [-0.2, -0.15) is 0 Å². The molecule has 0 saturated heterocycles. The minimum atomic E-state index is -0.390. The molecule has 5 nitrogen and oxygen atoms in total. The molecule has 1 aromatic carbocycles. The second-order valence-corrected chi connectivity index (χ2v) is 5.32. The monoisotopic (exact) mass is 365 g/mol. The van der Waals surface area contributed by atoms with E-state index in [1.54, 1.807) is 12.1 Å². The average molecular weight is 365 g/mol. The second-order valence-electron chi connectivity index (χ2n) is 5.32. The summed E-state index contributed by atoms with van der Waals surface area (Å²) in [5.74, 6) is 0. The summed E-state index contributed by atoms with van der Waals surface area (Å²) in [6.07, 6.45) is 0. The van der Waals surface area contributed by atoms with Gasteiger partial charge in [-0.15, -0.1) is 0 Å². The number of likely N-dealkylation sites (N-methyl/N-ethyl adjacent to an activating group) is 1. The zero-order valence-electron chi connectivity index (χ0n) is 11.2. The Kier molecular flexibility index (Phi) is 6.55. The third kappa shape index (κ3) is 6.15. The van der Waals surface area contributed by atoms with E-state index in [2.05, 4.69) is 33.4 Å². The smallest absolute Gasteiger partial charge is 0.269 e. The summed E-state index contributed by atoms with van der Waals surface area (Å²) in [5.41, 5.74) is 1.03. The first-order valence-electron chi connectivity index (χ1n) is 5.59. The van der Waals surface area contributed by atoms with Crippen molar-refractivity contribution in [3.05, 3.63) is 34.4 Å². The number of nitrogens with zero attached hydrogens (tertiary/aromatic N) is 2. The summed E-state index contributed by atoms with van der Waals surface area (Å²) >= 11 is 0. The van der Waals surface area contributed by atoms with Crippen LogP contribution in [0, 0.1) is 10.1 Å².